The van der Waals surface area contributed by atoms with Crippen molar-refractivity contribution >= 4 is 17.7 Å². The van der Waals surface area contributed by atoms with Crippen LogP contribution in [0.4, 0.5) is 11.8 Å². The van der Waals surface area contributed by atoms with Crippen LogP contribution >= 0.6 is 0 Å². The van der Waals surface area contributed by atoms with Gasteiger partial charge in [-0.15, -0.1) is 0 Å². The number of anilines is 2. The zero-order valence-electron chi connectivity index (χ0n) is 13.8. The third kappa shape index (κ3) is 3.49. The molecule has 23 heavy (non-hydrogen) atoms. The Hall–Kier alpha value is -2.44. The number of amides is 1. The van der Waals surface area contributed by atoms with Gasteiger partial charge in [0.2, 0.25) is 5.95 Å². The van der Waals surface area contributed by atoms with E-state index in [2.05, 4.69) is 25.3 Å². The molecule has 0 radical (unpaired) electrons. The molecule has 1 saturated heterocycles. The van der Waals surface area contributed by atoms with Gasteiger partial charge < -0.3 is 10.2 Å². The first kappa shape index (κ1) is 15.5. The molecule has 0 unspecified atom stereocenters. The van der Waals surface area contributed by atoms with Gasteiger partial charge in [-0.2, -0.15) is 5.10 Å². The van der Waals surface area contributed by atoms with E-state index in [-0.39, 0.29) is 5.91 Å². The molecular formula is C16H22N6O. The fraction of sp³-hybridized carbons (Fsp3) is 0.500. The Bertz CT molecular complexity index is 717. The fourth-order valence-corrected chi connectivity index (χ4v) is 2.81. The minimum Gasteiger partial charge on any atom is -0.341 e. The summed E-state index contributed by atoms with van der Waals surface area (Å²) < 4.78 is 1.65. The van der Waals surface area contributed by atoms with Gasteiger partial charge in [-0.05, 0) is 39.2 Å². The maximum Gasteiger partial charge on any atom is 0.275 e. The Kier molecular flexibility index (Phi) is 4.27. The van der Waals surface area contributed by atoms with E-state index in [0.717, 1.165) is 37.3 Å². The van der Waals surface area contributed by atoms with Crippen LogP contribution in [-0.4, -0.2) is 38.7 Å². The van der Waals surface area contributed by atoms with Gasteiger partial charge in [0.15, 0.2) is 0 Å². The highest BCUT2D eigenvalue weighted by Crippen LogP contribution is 2.17. The first-order valence-electron chi connectivity index (χ1n) is 7.95. The molecule has 0 aliphatic carbocycles. The number of nitrogens with zero attached hydrogens (tertiary/aromatic N) is 5. The molecule has 0 bridgehead atoms. The summed E-state index contributed by atoms with van der Waals surface area (Å²) in [4.78, 5) is 23.6. The molecule has 122 valence electrons. The van der Waals surface area contributed by atoms with Gasteiger partial charge >= 0.3 is 0 Å². The van der Waals surface area contributed by atoms with E-state index in [1.807, 2.05) is 19.9 Å². The topological polar surface area (TPSA) is 75.9 Å². The zero-order valence-corrected chi connectivity index (χ0v) is 13.8. The highest BCUT2D eigenvalue weighted by atomic mass is 16.2. The van der Waals surface area contributed by atoms with E-state index < -0.39 is 0 Å². The molecule has 7 nitrogen and oxygen atoms in total. The van der Waals surface area contributed by atoms with Crippen LogP contribution in [0.15, 0.2) is 12.1 Å². The average molecular weight is 314 g/mol. The molecule has 1 N–H and O–H groups in total. The van der Waals surface area contributed by atoms with E-state index in [0.29, 0.717) is 17.5 Å². The fourth-order valence-electron chi connectivity index (χ4n) is 2.81. The van der Waals surface area contributed by atoms with Gasteiger partial charge in [-0.1, -0.05) is 0 Å². The number of carbonyl (C=O) groups excluding carboxylic acids is 1. The van der Waals surface area contributed by atoms with Crippen molar-refractivity contribution in [3.8, 4) is 0 Å². The van der Waals surface area contributed by atoms with Gasteiger partial charge in [0, 0.05) is 31.9 Å². The summed E-state index contributed by atoms with van der Waals surface area (Å²) in [6, 6.07) is 3.55. The molecule has 2 aromatic rings. The molecule has 0 atom stereocenters. The molecule has 1 aliphatic heterocycles. The highest BCUT2D eigenvalue weighted by molar-refractivity contribution is 6.02. The van der Waals surface area contributed by atoms with E-state index in [1.54, 1.807) is 17.8 Å². The molecule has 3 heterocycles. The van der Waals surface area contributed by atoms with Crippen molar-refractivity contribution < 1.29 is 4.79 Å². The Balaban J connectivity index is 1.82. The van der Waals surface area contributed by atoms with Crippen LogP contribution < -0.4 is 10.2 Å². The number of hydrogen-bond acceptors (Lipinski definition) is 5. The van der Waals surface area contributed by atoms with Crippen molar-refractivity contribution in [3.63, 3.8) is 0 Å². The third-order valence-corrected chi connectivity index (χ3v) is 3.96. The SMILES string of the molecule is Cc1cc(C(=O)Nc2cc(C)nn2C)nc(N2CCCCC2)n1. The van der Waals surface area contributed by atoms with Crippen LogP contribution in [0.3, 0.4) is 0 Å². The Morgan fingerprint density at radius 3 is 2.48 bits per heavy atom. The van der Waals surface area contributed by atoms with Crippen molar-refractivity contribution in [2.24, 2.45) is 7.05 Å². The van der Waals surface area contributed by atoms with Gasteiger partial charge in [0.05, 0.1) is 5.69 Å². The minimum absolute atomic E-state index is 0.239. The van der Waals surface area contributed by atoms with Crippen LogP contribution in [0, 0.1) is 13.8 Å². The highest BCUT2D eigenvalue weighted by Gasteiger charge is 2.18. The monoisotopic (exact) mass is 314 g/mol. The molecule has 3 rings (SSSR count). The maximum absolute atomic E-state index is 12.5. The van der Waals surface area contributed by atoms with Gasteiger partial charge in [-0.25, -0.2) is 9.97 Å². The molecule has 1 fully saturated rings. The van der Waals surface area contributed by atoms with Gasteiger partial charge in [-0.3, -0.25) is 9.48 Å². The first-order valence-corrected chi connectivity index (χ1v) is 7.95. The van der Waals surface area contributed by atoms with Crippen molar-refractivity contribution in [1.82, 2.24) is 19.7 Å². The molecule has 2 aromatic heterocycles. The molecule has 0 saturated carbocycles. The van der Waals surface area contributed by atoms with Gasteiger partial charge in [0.25, 0.3) is 5.91 Å². The summed E-state index contributed by atoms with van der Waals surface area (Å²) >= 11 is 0. The van der Waals surface area contributed by atoms with Crippen LogP contribution in [0.2, 0.25) is 0 Å². The van der Waals surface area contributed by atoms with Crippen LogP contribution in [-0.2, 0) is 7.05 Å². The van der Waals surface area contributed by atoms with E-state index >= 15 is 0 Å². The lowest BCUT2D eigenvalue weighted by atomic mass is 10.1. The smallest absolute Gasteiger partial charge is 0.275 e. The number of aryl methyl sites for hydroxylation is 3. The second kappa shape index (κ2) is 6.36. The molecule has 0 spiro atoms. The number of aromatic nitrogens is 4. The lowest BCUT2D eigenvalue weighted by molar-refractivity contribution is 0.102. The molecule has 0 aromatic carbocycles. The molecule has 1 aliphatic rings. The van der Waals surface area contributed by atoms with Crippen molar-refractivity contribution in [3.05, 3.63) is 29.2 Å². The van der Waals surface area contributed by atoms with Crippen molar-refractivity contribution in [2.45, 2.75) is 33.1 Å². The number of rotatable bonds is 3. The second-order valence-corrected chi connectivity index (χ2v) is 5.99. The standard InChI is InChI=1S/C16H22N6O/c1-11-9-13(15(23)19-14-10-12(2)20-21(14)3)18-16(17-11)22-7-5-4-6-8-22/h9-10H,4-8H2,1-3H3,(H,19,23). The summed E-state index contributed by atoms with van der Waals surface area (Å²) in [6.07, 6.45) is 3.54. The summed E-state index contributed by atoms with van der Waals surface area (Å²) in [6.45, 7) is 5.68. The summed E-state index contributed by atoms with van der Waals surface area (Å²) in [7, 11) is 1.80. The lowest BCUT2D eigenvalue weighted by Crippen LogP contribution is -2.32. The van der Waals surface area contributed by atoms with Crippen LogP contribution in [0.1, 0.15) is 41.1 Å². The van der Waals surface area contributed by atoms with E-state index in [9.17, 15) is 4.79 Å². The predicted octanol–water partition coefficient (Wildman–Crippen LogP) is 2.07. The van der Waals surface area contributed by atoms with Crippen molar-refractivity contribution in [2.75, 3.05) is 23.3 Å². The summed E-state index contributed by atoms with van der Waals surface area (Å²) in [5.74, 6) is 1.07. The molecule has 1 amide bonds. The molecular weight excluding hydrogens is 292 g/mol. The zero-order chi connectivity index (χ0) is 16.4. The number of carbonyl (C=O) groups is 1. The van der Waals surface area contributed by atoms with Crippen molar-refractivity contribution in [1.29, 1.82) is 0 Å². The largest absolute Gasteiger partial charge is 0.341 e. The van der Waals surface area contributed by atoms with Gasteiger partial charge in [0.1, 0.15) is 11.5 Å². The summed E-state index contributed by atoms with van der Waals surface area (Å²) in [5.41, 5.74) is 2.04. The average Bonchev–Trinajstić information content (AvgIpc) is 2.85. The number of nitrogens with one attached hydrogen (secondary N) is 1. The molecule has 7 heteroatoms. The van der Waals surface area contributed by atoms with Crippen LogP contribution in [0.25, 0.3) is 0 Å². The summed E-state index contributed by atoms with van der Waals surface area (Å²) in [5, 5.41) is 7.08. The maximum atomic E-state index is 12.5. The van der Waals surface area contributed by atoms with Crippen LogP contribution in [0.5, 0.6) is 0 Å². The predicted molar refractivity (Wildman–Crippen MR) is 88.7 cm³/mol. The quantitative estimate of drug-likeness (QED) is 0.938. The normalized spacial score (nSPS) is 14.8. The Morgan fingerprint density at radius 1 is 1.09 bits per heavy atom. The first-order chi connectivity index (χ1) is 11.0. The van der Waals surface area contributed by atoms with E-state index in [4.69, 9.17) is 0 Å². The Morgan fingerprint density at radius 2 is 1.83 bits per heavy atom. The Labute approximate surface area is 135 Å². The number of piperidine rings is 1. The number of hydrogen-bond donors (Lipinski definition) is 1. The van der Waals surface area contributed by atoms with E-state index in [1.165, 1.54) is 6.42 Å². The lowest BCUT2D eigenvalue weighted by Gasteiger charge is -2.27. The minimum atomic E-state index is -0.239. The third-order valence-electron chi connectivity index (χ3n) is 3.96. The second-order valence-electron chi connectivity index (χ2n) is 5.99.